The van der Waals surface area contributed by atoms with Crippen molar-refractivity contribution in [3.8, 4) is 0 Å². The summed E-state index contributed by atoms with van der Waals surface area (Å²) in [5, 5.41) is 9.70. The van der Waals surface area contributed by atoms with Crippen LogP contribution in [-0.2, 0) is 9.59 Å². The second kappa shape index (κ2) is 5.74. The van der Waals surface area contributed by atoms with Gasteiger partial charge in [0.05, 0.1) is 0 Å². The molecule has 114 valence electrons. The largest absolute Gasteiger partial charge is 0.479 e. The number of hydrogen-bond donors (Lipinski definition) is 1. The van der Waals surface area contributed by atoms with Crippen LogP contribution < -0.4 is 0 Å². The fourth-order valence-corrected chi connectivity index (χ4v) is 4.05. The van der Waals surface area contributed by atoms with Gasteiger partial charge in [-0.1, -0.05) is 39.5 Å². The molecule has 2 aliphatic rings. The topological polar surface area (TPSA) is 57.6 Å². The van der Waals surface area contributed by atoms with Gasteiger partial charge in [0, 0.05) is 12.0 Å². The molecule has 1 N–H and O–H groups in total. The summed E-state index contributed by atoms with van der Waals surface area (Å²) in [4.78, 5) is 26.5. The number of likely N-dealkylation sites (tertiary alicyclic amines) is 1. The number of amides is 1. The van der Waals surface area contributed by atoms with Crippen molar-refractivity contribution in [3.63, 3.8) is 0 Å². The molecule has 0 spiro atoms. The number of nitrogens with zero attached hydrogens (tertiary/aromatic N) is 1. The molecule has 1 aliphatic carbocycles. The van der Waals surface area contributed by atoms with Gasteiger partial charge in [-0.15, -0.1) is 0 Å². The van der Waals surface area contributed by atoms with Crippen molar-refractivity contribution in [2.24, 2.45) is 5.41 Å². The molecule has 4 nitrogen and oxygen atoms in total. The van der Waals surface area contributed by atoms with Crippen LogP contribution in [0.2, 0.25) is 0 Å². The van der Waals surface area contributed by atoms with E-state index >= 15 is 0 Å². The quantitative estimate of drug-likeness (QED) is 0.861. The van der Waals surface area contributed by atoms with Crippen molar-refractivity contribution in [2.75, 3.05) is 6.54 Å². The number of aliphatic carboxylic acids is 1. The summed E-state index contributed by atoms with van der Waals surface area (Å²) >= 11 is 0. The Morgan fingerprint density at radius 3 is 2.30 bits per heavy atom. The summed E-state index contributed by atoms with van der Waals surface area (Å²) in [6.07, 6.45) is 7.98. The highest BCUT2D eigenvalue weighted by atomic mass is 16.4. The van der Waals surface area contributed by atoms with Crippen LogP contribution in [0.25, 0.3) is 0 Å². The van der Waals surface area contributed by atoms with E-state index in [9.17, 15) is 14.7 Å². The Morgan fingerprint density at radius 1 is 1.10 bits per heavy atom. The van der Waals surface area contributed by atoms with Gasteiger partial charge in [0.1, 0.15) is 5.54 Å². The van der Waals surface area contributed by atoms with Gasteiger partial charge in [0.25, 0.3) is 0 Å². The Bertz CT molecular complexity index is 387. The molecule has 0 bridgehead atoms. The maximum absolute atomic E-state index is 13.0. The van der Waals surface area contributed by atoms with Crippen LogP contribution in [0.4, 0.5) is 0 Å². The fourth-order valence-electron chi connectivity index (χ4n) is 4.05. The number of hydrogen-bond acceptors (Lipinski definition) is 2. The number of carbonyl (C=O) groups excluding carboxylic acids is 1. The molecule has 1 saturated carbocycles. The van der Waals surface area contributed by atoms with Crippen LogP contribution in [0.15, 0.2) is 0 Å². The molecule has 2 fully saturated rings. The van der Waals surface area contributed by atoms with E-state index in [4.69, 9.17) is 0 Å². The average Bonchev–Trinajstić information content (AvgIpc) is 2.84. The van der Waals surface area contributed by atoms with Gasteiger partial charge in [-0.2, -0.15) is 0 Å². The van der Waals surface area contributed by atoms with Gasteiger partial charge in [-0.3, -0.25) is 4.79 Å². The Morgan fingerprint density at radius 2 is 1.75 bits per heavy atom. The Balaban J connectivity index is 2.25. The van der Waals surface area contributed by atoms with E-state index in [1.165, 1.54) is 6.42 Å². The van der Waals surface area contributed by atoms with Crippen LogP contribution in [-0.4, -0.2) is 34.0 Å². The number of carboxylic acids is 1. The van der Waals surface area contributed by atoms with Crippen LogP contribution in [0, 0.1) is 5.41 Å². The van der Waals surface area contributed by atoms with E-state index in [2.05, 4.69) is 0 Å². The van der Waals surface area contributed by atoms with E-state index in [1.807, 2.05) is 13.8 Å². The van der Waals surface area contributed by atoms with E-state index in [-0.39, 0.29) is 11.3 Å². The van der Waals surface area contributed by atoms with Crippen molar-refractivity contribution in [3.05, 3.63) is 0 Å². The lowest BCUT2D eigenvalue weighted by molar-refractivity contribution is -0.162. The van der Waals surface area contributed by atoms with Crippen LogP contribution in [0.1, 0.15) is 71.6 Å². The Labute approximate surface area is 121 Å². The molecule has 1 atom stereocenters. The van der Waals surface area contributed by atoms with Crippen molar-refractivity contribution in [2.45, 2.75) is 77.2 Å². The lowest BCUT2D eigenvalue weighted by Gasteiger charge is -2.42. The summed E-state index contributed by atoms with van der Waals surface area (Å²) in [7, 11) is 0. The molecule has 0 aromatic rings. The molecule has 0 aromatic heterocycles. The lowest BCUT2D eigenvalue weighted by atomic mass is 9.74. The first-order valence-electron chi connectivity index (χ1n) is 8.02. The van der Waals surface area contributed by atoms with E-state index < -0.39 is 11.5 Å². The van der Waals surface area contributed by atoms with Crippen LogP contribution in [0.5, 0.6) is 0 Å². The Hall–Kier alpha value is -1.06. The molecule has 1 aliphatic heterocycles. The smallest absolute Gasteiger partial charge is 0.329 e. The maximum atomic E-state index is 13.0. The number of carbonyl (C=O) groups is 2. The molecule has 1 unspecified atom stereocenters. The minimum absolute atomic E-state index is 0.0885. The fraction of sp³-hybridized carbons (Fsp3) is 0.875. The summed E-state index contributed by atoms with van der Waals surface area (Å²) in [6, 6.07) is 0. The zero-order valence-corrected chi connectivity index (χ0v) is 12.8. The maximum Gasteiger partial charge on any atom is 0.329 e. The van der Waals surface area contributed by atoms with E-state index in [1.54, 1.807) is 4.90 Å². The zero-order chi connectivity index (χ0) is 14.8. The summed E-state index contributed by atoms with van der Waals surface area (Å²) in [6.45, 7) is 4.64. The normalized spacial score (nSPS) is 29.4. The molecule has 1 saturated heterocycles. The monoisotopic (exact) mass is 281 g/mol. The van der Waals surface area contributed by atoms with Gasteiger partial charge < -0.3 is 10.0 Å². The third kappa shape index (κ3) is 2.45. The molecule has 1 heterocycles. The van der Waals surface area contributed by atoms with E-state index in [0.29, 0.717) is 19.4 Å². The summed E-state index contributed by atoms with van der Waals surface area (Å²) < 4.78 is 0. The summed E-state index contributed by atoms with van der Waals surface area (Å²) in [5.74, 6) is -0.727. The first kappa shape index (κ1) is 15.3. The molecule has 2 rings (SSSR count). The third-order valence-electron chi connectivity index (χ3n) is 5.27. The highest BCUT2D eigenvalue weighted by molar-refractivity contribution is 5.90. The van der Waals surface area contributed by atoms with Gasteiger partial charge in [-0.05, 0) is 32.1 Å². The molecule has 1 amide bonds. The highest BCUT2D eigenvalue weighted by Gasteiger charge is 2.52. The van der Waals surface area contributed by atoms with Crippen molar-refractivity contribution in [1.82, 2.24) is 4.90 Å². The van der Waals surface area contributed by atoms with Gasteiger partial charge in [0.2, 0.25) is 5.91 Å². The molecule has 0 aromatic carbocycles. The average molecular weight is 281 g/mol. The lowest BCUT2D eigenvalue weighted by Crippen LogP contribution is -2.56. The SMILES string of the molecule is CCCC1(C(=O)O)CCCN1C(=O)C1(C)CCCCC1. The molecular formula is C16H27NO3. The molecule has 4 heteroatoms. The van der Waals surface area contributed by atoms with Gasteiger partial charge in [0.15, 0.2) is 0 Å². The van der Waals surface area contributed by atoms with Gasteiger partial charge >= 0.3 is 5.97 Å². The van der Waals surface area contributed by atoms with Crippen LogP contribution >= 0.6 is 0 Å². The third-order valence-corrected chi connectivity index (χ3v) is 5.27. The second-order valence-corrected chi connectivity index (χ2v) is 6.77. The summed E-state index contributed by atoms with van der Waals surface area (Å²) in [5.41, 5.74) is -1.27. The van der Waals surface area contributed by atoms with Crippen molar-refractivity contribution in [1.29, 1.82) is 0 Å². The first-order chi connectivity index (χ1) is 9.46. The van der Waals surface area contributed by atoms with Crippen LogP contribution in [0.3, 0.4) is 0 Å². The first-order valence-corrected chi connectivity index (χ1v) is 8.02. The molecular weight excluding hydrogens is 254 g/mol. The minimum atomic E-state index is -0.938. The van der Waals surface area contributed by atoms with Crippen molar-refractivity contribution < 1.29 is 14.7 Å². The predicted octanol–water partition coefficient (Wildman–Crippen LogP) is 3.20. The number of rotatable bonds is 4. The molecule has 0 radical (unpaired) electrons. The zero-order valence-electron chi connectivity index (χ0n) is 12.8. The standard InChI is InChI=1S/C16H27NO3/c1-3-8-16(14(19)20)11-7-12-17(16)13(18)15(2)9-5-4-6-10-15/h3-12H2,1-2H3,(H,19,20). The number of carboxylic acid groups (broad SMARTS) is 1. The predicted molar refractivity (Wildman–Crippen MR) is 77.4 cm³/mol. The van der Waals surface area contributed by atoms with E-state index in [0.717, 1.165) is 38.5 Å². The molecule has 20 heavy (non-hydrogen) atoms. The minimum Gasteiger partial charge on any atom is -0.479 e. The second-order valence-electron chi connectivity index (χ2n) is 6.77. The highest BCUT2D eigenvalue weighted by Crippen LogP contribution is 2.42. The van der Waals surface area contributed by atoms with Gasteiger partial charge in [-0.25, -0.2) is 4.79 Å². The Kier molecular flexibility index (Phi) is 4.40. The van der Waals surface area contributed by atoms with Crippen molar-refractivity contribution >= 4 is 11.9 Å².